The summed E-state index contributed by atoms with van der Waals surface area (Å²) in [4.78, 5) is 24.7. The van der Waals surface area contributed by atoms with E-state index in [1.165, 1.54) is 23.6 Å². The monoisotopic (exact) mass is 323 g/mol. The maximum absolute atomic E-state index is 12.2. The van der Waals surface area contributed by atoms with Gasteiger partial charge in [-0.25, -0.2) is 0 Å². The number of halogens is 1. The van der Waals surface area contributed by atoms with E-state index < -0.39 is 0 Å². The Bertz CT molecular complexity index is 642. The summed E-state index contributed by atoms with van der Waals surface area (Å²) in [6.45, 7) is 1.94. The Labute approximate surface area is 132 Å². The van der Waals surface area contributed by atoms with Crippen molar-refractivity contribution in [3.8, 4) is 6.07 Å². The van der Waals surface area contributed by atoms with E-state index in [0.29, 0.717) is 30.1 Å². The van der Waals surface area contributed by atoms with Crippen LogP contribution in [0.4, 0.5) is 11.4 Å². The van der Waals surface area contributed by atoms with Gasteiger partial charge in [0.1, 0.15) is 6.07 Å². The van der Waals surface area contributed by atoms with E-state index in [4.69, 9.17) is 17.3 Å². The standard InChI is InChI=1S/C14H14ClN3O2S/c1-8(19)21-7-9-4-13(20)18(6-9)14-10(5-16)11(15)2-3-12(14)17/h2-3,9H,4,6-7,17H2,1H3. The molecule has 1 heterocycles. The van der Waals surface area contributed by atoms with Gasteiger partial charge < -0.3 is 10.6 Å². The Morgan fingerprint density at radius 3 is 2.95 bits per heavy atom. The van der Waals surface area contributed by atoms with Crippen molar-refractivity contribution in [2.75, 3.05) is 22.9 Å². The molecule has 0 radical (unpaired) electrons. The van der Waals surface area contributed by atoms with Crippen LogP contribution in [0.25, 0.3) is 0 Å². The first-order valence-corrected chi connectivity index (χ1v) is 7.72. The summed E-state index contributed by atoms with van der Waals surface area (Å²) < 4.78 is 0. The van der Waals surface area contributed by atoms with Crippen LogP contribution in [0, 0.1) is 17.2 Å². The number of anilines is 2. The summed E-state index contributed by atoms with van der Waals surface area (Å²) in [5.41, 5.74) is 6.86. The summed E-state index contributed by atoms with van der Waals surface area (Å²) in [7, 11) is 0. The maximum atomic E-state index is 12.2. The molecule has 5 nitrogen and oxygen atoms in total. The Morgan fingerprint density at radius 1 is 1.62 bits per heavy atom. The van der Waals surface area contributed by atoms with Gasteiger partial charge in [0.25, 0.3) is 0 Å². The van der Waals surface area contributed by atoms with Crippen LogP contribution in [0.1, 0.15) is 18.9 Å². The summed E-state index contributed by atoms with van der Waals surface area (Å²) in [6, 6.07) is 5.13. The molecule has 1 amide bonds. The molecule has 0 aliphatic carbocycles. The van der Waals surface area contributed by atoms with Gasteiger partial charge in [-0.3, -0.25) is 9.59 Å². The molecule has 7 heteroatoms. The van der Waals surface area contributed by atoms with Crippen molar-refractivity contribution in [2.45, 2.75) is 13.3 Å². The number of thioether (sulfide) groups is 1. The zero-order valence-corrected chi connectivity index (χ0v) is 13.0. The number of hydrogen-bond acceptors (Lipinski definition) is 5. The van der Waals surface area contributed by atoms with Gasteiger partial charge in [0, 0.05) is 25.6 Å². The highest BCUT2D eigenvalue weighted by molar-refractivity contribution is 8.13. The minimum atomic E-state index is -0.102. The highest BCUT2D eigenvalue weighted by Gasteiger charge is 2.33. The number of nitrogens with two attached hydrogens (primary N) is 1. The molecule has 0 spiro atoms. The second-order valence-corrected chi connectivity index (χ2v) is 6.45. The highest BCUT2D eigenvalue weighted by Crippen LogP contribution is 2.37. The largest absolute Gasteiger partial charge is 0.397 e. The van der Waals surface area contributed by atoms with Crippen LogP contribution >= 0.6 is 23.4 Å². The van der Waals surface area contributed by atoms with Crippen LogP contribution in [0.5, 0.6) is 0 Å². The first kappa shape index (κ1) is 15.7. The SMILES string of the molecule is CC(=O)SCC1CC(=O)N(c2c(N)ccc(Cl)c2C#N)C1. The van der Waals surface area contributed by atoms with Crippen LogP contribution in [0.15, 0.2) is 12.1 Å². The Balaban J connectivity index is 2.27. The number of hydrogen-bond donors (Lipinski definition) is 1. The van der Waals surface area contributed by atoms with Crippen LogP contribution in [0.2, 0.25) is 5.02 Å². The lowest BCUT2D eigenvalue weighted by atomic mass is 10.1. The number of nitrogen functional groups attached to an aromatic ring is 1. The quantitative estimate of drug-likeness (QED) is 0.863. The summed E-state index contributed by atoms with van der Waals surface area (Å²) >= 11 is 7.21. The molecular weight excluding hydrogens is 310 g/mol. The zero-order chi connectivity index (χ0) is 15.6. The molecule has 2 N–H and O–H groups in total. The number of carbonyl (C=O) groups excluding carboxylic acids is 2. The van der Waals surface area contributed by atoms with Gasteiger partial charge in [-0.05, 0) is 18.1 Å². The summed E-state index contributed by atoms with van der Waals surface area (Å²) in [5.74, 6) is 0.547. The van der Waals surface area contributed by atoms with E-state index in [-0.39, 0.29) is 27.5 Å². The van der Waals surface area contributed by atoms with E-state index >= 15 is 0 Å². The van der Waals surface area contributed by atoms with Crippen molar-refractivity contribution in [3.63, 3.8) is 0 Å². The normalized spacial score (nSPS) is 17.9. The fourth-order valence-corrected chi connectivity index (χ4v) is 3.21. The molecule has 0 saturated carbocycles. The third-order valence-corrected chi connectivity index (χ3v) is 4.63. The van der Waals surface area contributed by atoms with Crippen LogP contribution in [-0.2, 0) is 9.59 Å². The van der Waals surface area contributed by atoms with Crippen molar-refractivity contribution >= 4 is 45.8 Å². The van der Waals surface area contributed by atoms with Crippen LogP contribution < -0.4 is 10.6 Å². The molecule has 1 unspecified atom stereocenters. The summed E-state index contributed by atoms with van der Waals surface area (Å²) in [5, 5.41) is 9.54. The number of nitrogens with zero attached hydrogens (tertiary/aromatic N) is 2. The molecule has 1 aliphatic rings. The first-order chi connectivity index (χ1) is 9.93. The molecule has 1 fully saturated rings. The predicted octanol–water partition coefficient (Wildman–Crippen LogP) is 2.43. The molecule has 1 saturated heterocycles. The molecule has 0 bridgehead atoms. The highest BCUT2D eigenvalue weighted by atomic mass is 35.5. The molecule has 110 valence electrons. The lowest BCUT2D eigenvalue weighted by molar-refractivity contribution is -0.117. The minimum absolute atomic E-state index is 0.0286. The Morgan fingerprint density at radius 2 is 2.33 bits per heavy atom. The van der Waals surface area contributed by atoms with Gasteiger partial charge in [-0.15, -0.1) is 0 Å². The van der Waals surface area contributed by atoms with Crippen molar-refractivity contribution < 1.29 is 9.59 Å². The molecule has 1 aromatic rings. The van der Waals surface area contributed by atoms with Gasteiger partial charge in [0.15, 0.2) is 5.12 Å². The van der Waals surface area contributed by atoms with Gasteiger partial charge >= 0.3 is 0 Å². The predicted molar refractivity (Wildman–Crippen MR) is 84.2 cm³/mol. The number of nitriles is 1. The van der Waals surface area contributed by atoms with Crippen molar-refractivity contribution in [3.05, 3.63) is 22.7 Å². The zero-order valence-electron chi connectivity index (χ0n) is 11.4. The van der Waals surface area contributed by atoms with Gasteiger partial charge in [-0.1, -0.05) is 23.4 Å². The molecular formula is C14H14ClN3O2S. The van der Waals surface area contributed by atoms with E-state index in [1.807, 2.05) is 6.07 Å². The molecule has 1 aromatic carbocycles. The third kappa shape index (κ3) is 3.31. The van der Waals surface area contributed by atoms with E-state index in [2.05, 4.69) is 0 Å². The molecule has 1 aliphatic heterocycles. The molecule has 2 rings (SSSR count). The number of amides is 1. The van der Waals surface area contributed by atoms with E-state index in [0.717, 1.165) is 0 Å². The fraction of sp³-hybridized carbons (Fsp3) is 0.357. The fourth-order valence-electron chi connectivity index (χ4n) is 2.32. The third-order valence-electron chi connectivity index (χ3n) is 3.27. The second kappa shape index (κ2) is 6.37. The average molecular weight is 324 g/mol. The first-order valence-electron chi connectivity index (χ1n) is 6.35. The lowest BCUT2D eigenvalue weighted by Crippen LogP contribution is -2.26. The lowest BCUT2D eigenvalue weighted by Gasteiger charge is -2.20. The van der Waals surface area contributed by atoms with E-state index in [1.54, 1.807) is 12.1 Å². The van der Waals surface area contributed by atoms with Crippen molar-refractivity contribution in [2.24, 2.45) is 5.92 Å². The summed E-state index contributed by atoms with van der Waals surface area (Å²) in [6.07, 6.45) is 0.344. The van der Waals surface area contributed by atoms with Gasteiger partial charge in [-0.2, -0.15) is 5.26 Å². The Hall–Kier alpha value is -1.71. The maximum Gasteiger partial charge on any atom is 0.227 e. The molecule has 0 aromatic heterocycles. The number of rotatable bonds is 3. The van der Waals surface area contributed by atoms with Crippen LogP contribution in [0.3, 0.4) is 0 Å². The van der Waals surface area contributed by atoms with E-state index in [9.17, 15) is 14.9 Å². The minimum Gasteiger partial charge on any atom is -0.397 e. The topological polar surface area (TPSA) is 87.2 Å². The Kier molecular flexibility index (Phi) is 4.76. The van der Waals surface area contributed by atoms with Crippen molar-refractivity contribution in [1.29, 1.82) is 5.26 Å². The molecule has 21 heavy (non-hydrogen) atoms. The van der Waals surface area contributed by atoms with Gasteiger partial charge in [0.05, 0.1) is 22.0 Å². The van der Waals surface area contributed by atoms with Gasteiger partial charge in [0.2, 0.25) is 5.91 Å². The second-order valence-electron chi connectivity index (χ2n) is 4.85. The number of carbonyl (C=O) groups is 2. The average Bonchev–Trinajstić information content (AvgIpc) is 2.79. The van der Waals surface area contributed by atoms with Crippen LogP contribution in [-0.4, -0.2) is 23.3 Å². The molecule has 1 atom stereocenters. The smallest absolute Gasteiger partial charge is 0.227 e. The van der Waals surface area contributed by atoms with Crippen molar-refractivity contribution in [1.82, 2.24) is 0 Å². The number of benzene rings is 1.